The molecule has 0 aliphatic heterocycles. The molecular formula is C16H12INO3. The third kappa shape index (κ3) is 4.20. The Morgan fingerprint density at radius 1 is 1.10 bits per heavy atom. The molecule has 0 heterocycles. The fourth-order valence-corrected chi connectivity index (χ4v) is 2.45. The first-order valence-electron chi connectivity index (χ1n) is 6.22. The summed E-state index contributed by atoms with van der Waals surface area (Å²) >= 11 is 2.20. The van der Waals surface area contributed by atoms with Gasteiger partial charge >= 0.3 is 0 Å². The number of benzene rings is 2. The number of hydrogen-bond donors (Lipinski definition) is 0. The zero-order valence-electron chi connectivity index (χ0n) is 11.1. The van der Waals surface area contributed by atoms with Crippen molar-refractivity contribution in [1.29, 1.82) is 5.26 Å². The predicted octanol–water partition coefficient (Wildman–Crippen LogP) is 3.38. The summed E-state index contributed by atoms with van der Waals surface area (Å²) in [5.74, 6) is 0.752. The van der Waals surface area contributed by atoms with E-state index < -0.39 is 0 Å². The first-order valence-corrected chi connectivity index (χ1v) is 7.30. The molecule has 2 rings (SSSR count). The normalized spacial score (nSPS) is 9.71. The van der Waals surface area contributed by atoms with Crippen LogP contribution in [0.5, 0.6) is 5.75 Å². The largest absolute Gasteiger partial charge is 0.489 e. The van der Waals surface area contributed by atoms with Gasteiger partial charge in [0.05, 0.1) is 15.2 Å². The molecule has 0 saturated heterocycles. The second kappa shape index (κ2) is 7.64. The molecule has 2 aromatic rings. The lowest BCUT2D eigenvalue weighted by atomic mass is 10.0. The maximum Gasteiger partial charge on any atom is 0.293 e. The van der Waals surface area contributed by atoms with Crippen LogP contribution in [0.4, 0.5) is 0 Å². The van der Waals surface area contributed by atoms with E-state index in [1.165, 1.54) is 0 Å². The lowest BCUT2D eigenvalue weighted by Crippen LogP contribution is -2.06. The van der Waals surface area contributed by atoms with Gasteiger partial charge in [0.25, 0.3) is 6.47 Å². The minimum atomic E-state index is 0.233. The van der Waals surface area contributed by atoms with Crippen LogP contribution < -0.4 is 4.74 Å². The van der Waals surface area contributed by atoms with Crippen molar-refractivity contribution in [3.63, 3.8) is 0 Å². The van der Waals surface area contributed by atoms with E-state index in [0.717, 1.165) is 20.4 Å². The first kappa shape index (κ1) is 15.3. The van der Waals surface area contributed by atoms with Crippen molar-refractivity contribution in [1.82, 2.24) is 0 Å². The molecule has 0 N–H and O–H groups in total. The van der Waals surface area contributed by atoms with Gasteiger partial charge < -0.3 is 9.47 Å². The number of nitriles is 1. The van der Waals surface area contributed by atoms with Gasteiger partial charge in [-0.05, 0) is 58.0 Å². The highest BCUT2D eigenvalue weighted by Gasteiger charge is 2.05. The molecule has 0 saturated carbocycles. The second-order valence-corrected chi connectivity index (χ2v) is 5.31. The first-order chi connectivity index (χ1) is 10.2. The van der Waals surface area contributed by atoms with Crippen LogP contribution in [-0.2, 0) is 9.53 Å². The molecule has 4 nitrogen and oxygen atoms in total. The zero-order chi connectivity index (χ0) is 15.1. The van der Waals surface area contributed by atoms with Gasteiger partial charge in [-0.3, -0.25) is 4.79 Å². The summed E-state index contributed by atoms with van der Waals surface area (Å²) in [5, 5.41) is 8.80. The van der Waals surface area contributed by atoms with Gasteiger partial charge in [0, 0.05) is 0 Å². The van der Waals surface area contributed by atoms with Crippen LogP contribution in [0.25, 0.3) is 11.1 Å². The van der Waals surface area contributed by atoms with Crippen LogP contribution in [-0.4, -0.2) is 19.7 Å². The van der Waals surface area contributed by atoms with E-state index in [-0.39, 0.29) is 6.61 Å². The van der Waals surface area contributed by atoms with E-state index in [2.05, 4.69) is 33.4 Å². The van der Waals surface area contributed by atoms with E-state index in [4.69, 9.17) is 10.00 Å². The number of rotatable bonds is 6. The van der Waals surface area contributed by atoms with Gasteiger partial charge in [0.1, 0.15) is 19.0 Å². The van der Waals surface area contributed by atoms with Crippen LogP contribution in [0.15, 0.2) is 42.5 Å². The van der Waals surface area contributed by atoms with Gasteiger partial charge in [-0.25, -0.2) is 0 Å². The Kier molecular flexibility index (Phi) is 5.58. The molecule has 0 atom stereocenters. The monoisotopic (exact) mass is 393 g/mol. The summed E-state index contributed by atoms with van der Waals surface area (Å²) in [7, 11) is 0. The summed E-state index contributed by atoms with van der Waals surface area (Å²) in [6.07, 6.45) is 0. The molecule has 0 aliphatic carbocycles. The number of carbonyl (C=O) groups is 1. The highest BCUT2D eigenvalue weighted by molar-refractivity contribution is 14.1. The van der Waals surface area contributed by atoms with Crippen molar-refractivity contribution in [2.45, 2.75) is 0 Å². The third-order valence-electron chi connectivity index (χ3n) is 2.81. The number of nitrogens with zero attached hydrogens (tertiary/aromatic N) is 1. The highest BCUT2D eigenvalue weighted by Crippen LogP contribution is 2.28. The van der Waals surface area contributed by atoms with Crippen molar-refractivity contribution in [3.8, 4) is 22.9 Å². The molecule has 0 unspecified atom stereocenters. The van der Waals surface area contributed by atoms with Crippen molar-refractivity contribution in [2.24, 2.45) is 0 Å². The minimum Gasteiger partial charge on any atom is -0.489 e. The molecule has 0 spiro atoms. The maximum absolute atomic E-state index is 10.0. The Balaban J connectivity index is 2.10. The SMILES string of the molecule is N#Cc1ccc(-c2ccc(OCCOC=O)c(I)c2)cc1. The molecule has 21 heavy (non-hydrogen) atoms. The standard InChI is InChI=1S/C16H12INO3/c17-15-9-14(13-3-1-12(10-18)2-4-13)5-6-16(15)21-8-7-20-11-19/h1-6,9,11H,7-8H2. The van der Waals surface area contributed by atoms with Gasteiger partial charge in [0.15, 0.2) is 0 Å². The number of halogens is 1. The van der Waals surface area contributed by atoms with Gasteiger partial charge in [0.2, 0.25) is 0 Å². The molecule has 5 heteroatoms. The lowest BCUT2D eigenvalue weighted by Gasteiger charge is -2.09. The molecule has 106 valence electrons. The van der Waals surface area contributed by atoms with Crippen LogP contribution >= 0.6 is 22.6 Å². The highest BCUT2D eigenvalue weighted by atomic mass is 127. The van der Waals surface area contributed by atoms with Crippen molar-refractivity contribution in [2.75, 3.05) is 13.2 Å². The fraction of sp³-hybridized carbons (Fsp3) is 0.125. The topological polar surface area (TPSA) is 59.3 Å². The van der Waals surface area contributed by atoms with Gasteiger partial charge in [-0.15, -0.1) is 0 Å². The zero-order valence-corrected chi connectivity index (χ0v) is 13.2. The predicted molar refractivity (Wildman–Crippen MR) is 86.8 cm³/mol. The van der Waals surface area contributed by atoms with Crippen molar-refractivity contribution < 1.29 is 14.3 Å². The quantitative estimate of drug-likeness (QED) is 0.429. The Labute approximate surface area is 136 Å². The molecule has 0 aliphatic rings. The fourth-order valence-electron chi connectivity index (χ4n) is 1.78. The van der Waals surface area contributed by atoms with Crippen LogP contribution in [0.3, 0.4) is 0 Å². The summed E-state index contributed by atoms with van der Waals surface area (Å²) in [4.78, 5) is 10.0. The summed E-state index contributed by atoms with van der Waals surface area (Å²) in [6, 6.07) is 15.4. The van der Waals surface area contributed by atoms with E-state index in [1.54, 1.807) is 12.1 Å². The van der Waals surface area contributed by atoms with E-state index >= 15 is 0 Å². The summed E-state index contributed by atoms with van der Waals surface area (Å²) < 4.78 is 11.1. The Morgan fingerprint density at radius 3 is 2.43 bits per heavy atom. The Bertz CT molecular complexity index is 662. The van der Waals surface area contributed by atoms with Crippen molar-refractivity contribution in [3.05, 3.63) is 51.6 Å². The molecular weight excluding hydrogens is 381 g/mol. The maximum atomic E-state index is 10.0. The van der Waals surface area contributed by atoms with Gasteiger partial charge in [-0.1, -0.05) is 18.2 Å². The molecule has 2 aromatic carbocycles. The third-order valence-corrected chi connectivity index (χ3v) is 3.65. The number of carbonyl (C=O) groups excluding carboxylic acids is 1. The number of ether oxygens (including phenoxy) is 2. The molecule has 0 aromatic heterocycles. The average Bonchev–Trinajstić information content (AvgIpc) is 2.53. The van der Waals surface area contributed by atoms with Crippen LogP contribution in [0.2, 0.25) is 0 Å². The van der Waals surface area contributed by atoms with Gasteiger partial charge in [-0.2, -0.15) is 5.26 Å². The van der Waals surface area contributed by atoms with E-state index in [0.29, 0.717) is 18.6 Å². The summed E-state index contributed by atoms with van der Waals surface area (Å²) in [6.45, 7) is 0.963. The number of hydrogen-bond acceptors (Lipinski definition) is 4. The van der Waals surface area contributed by atoms with E-state index in [9.17, 15) is 4.79 Å². The van der Waals surface area contributed by atoms with Crippen LogP contribution in [0.1, 0.15) is 5.56 Å². The summed E-state index contributed by atoms with van der Waals surface area (Å²) in [5.41, 5.74) is 2.74. The van der Waals surface area contributed by atoms with E-state index in [1.807, 2.05) is 30.3 Å². The molecule has 0 radical (unpaired) electrons. The molecule has 0 amide bonds. The Hall–Kier alpha value is -2.07. The molecule has 0 bridgehead atoms. The average molecular weight is 393 g/mol. The lowest BCUT2D eigenvalue weighted by molar-refractivity contribution is -0.129. The Morgan fingerprint density at radius 2 is 1.81 bits per heavy atom. The van der Waals surface area contributed by atoms with Crippen molar-refractivity contribution >= 4 is 29.1 Å². The van der Waals surface area contributed by atoms with Crippen LogP contribution in [0, 0.1) is 14.9 Å². The second-order valence-electron chi connectivity index (χ2n) is 4.15. The molecule has 0 fully saturated rings. The smallest absolute Gasteiger partial charge is 0.293 e. The minimum absolute atomic E-state index is 0.233.